The van der Waals surface area contributed by atoms with Gasteiger partial charge in [-0.1, -0.05) is 54.6 Å². The van der Waals surface area contributed by atoms with Crippen molar-refractivity contribution in [3.05, 3.63) is 71.3 Å². The molecule has 0 amide bonds. The number of benzene rings is 2. The predicted octanol–water partition coefficient (Wildman–Crippen LogP) is 3.65. The number of rotatable bonds is 3. The van der Waals surface area contributed by atoms with E-state index in [2.05, 4.69) is 63.8 Å². The summed E-state index contributed by atoms with van der Waals surface area (Å²) in [4.78, 5) is 0. The second-order valence-corrected chi connectivity index (χ2v) is 4.09. The van der Waals surface area contributed by atoms with E-state index in [1.54, 1.807) is 0 Å². The highest BCUT2D eigenvalue weighted by molar-refractivity contribution is 7.15. The summed E-state index contributed by atoms with van der Waals surface area (Å²) in [6.45, 7) is 0. The van der Waals surface area contributed by atoms with Gasteiger partial charge in [0.25, 0.3) is 0 Å². The molecule has 0 aliphatic carbocycles. The highest BCUT2D eigenvalue weighted by atomic mass is 31.0. The maximum Gasteiger partial charge on any atom is -0.00258 e. The zero-order valence-electron chi connectivity index (χ0n) is 8.69. The fraction of sp³-hybridized carbons (Fsp3) is 0.143. The van der Waals surface area contributed by atoms with Gasteiger partial charge in [-0.3, -0.25) is 0 Å². The molecule has 76 valence electrons. The number of hydrogen-bond donors (Lipinski definition) is 0. The molecule has 0 bridgehead atoms. The van der Waals surface area contributed by atoms with E-state index >= 15 is 0 Å². The molecule has 0 aliphatic rings. The van der Waals surface area contributed by atoms with E-state index < -0.39 is 0 Å². The van der Waals surface area contributed by atoms with Crippen LogP contribution in [-0.4, -0.2) is 0 Å². The normalized spacial score (nSPS) is 10.2. The van der Waals surface area contributed by atoms with Crippen LogP contribution in [0.3, 0.4) is 0 Å². The predicted molar refractivity (Wildman–Crippen MR) is 69.1 cm³/mol. The average molecular weight is 214 g/mol. The molecule has 0 spiro atoms. The molecule has 0 N–H and O–H groups in total. The SMILES string of the molecule is PCc1ccc(Cc2ccccc2)cc1. The van der Waals surface area contributed by atoms with Gasteiger partial charge in [0, 0.05) is 0 Å². The Morgan fingerprint density at radius 3 is 1.80 bits per heavy atom. The molecule has 0 radical (unpaired) electrons. The Balaban J connectivity index is 2.11. The molecule has 0 fully saturated rings. The van der Waals surface area contributed by atoms with Gasteiger partial charge in [-0.25, -0.2) is 0 Å². The molecule has 1 unspecified atom stereocenters. The van der Waals surface area contributed by atoms with Crippen LogP contribution in [0, 0.1) is 0 Å². The van der Waals surface area contributed by atoms with Crippen molar-refractivity contribution in [1.82, 2.24) is 0 Å². The third-order valence-electron chi connectivity index (χ3n) is 2.51. The average Bonchev–Trinajstić information content (AvgIpc) is 2.31. The van der Waals surface area contributed by atoms with Crippen LogP contribution >= 0.6 is 9.24 Å². The van der Waals surface area contributed by atoms with Crippen molar-refractivity contribution < 1.29 is 0 Å². The van der Waals surface area contributed by atoms with E-state index in [1.807, 2.05) is 0 Å². The van der Waals surface area contributed by atoms with E-state index in [9.17, 15) is 0 Å². The van der Waals surface area contributed by atoms with E-state index in [1.165, 1.54) is 16.7 Å². The van der Waals surface area contributed by atoms with Crippen molar-refractivity contribution in [1.29, 1.82) is 0 Å². The van der Waals surface area contributed by atoms with Crippen molar-refractivity contribution in [2.75, 3.05) is 0 Å². The Morgan fingerprint density at radius 1 is 0.667 bits per heavy atom. The maximum absolute atomic E-state index is 2.75. The van der Waals surface area contributed by atoms with Crippen LogP contribution in [0.2, 0.25) is 0 Å². The Hall–Kier alpha value is -1.13. The quantitative estimate of drug-likeness (QED) is 0.684. The molecule has 0 saturated heterocycles. The van der Waals surface area contributed by atoms with Gasteiger partial charge in [-0.15, -0.1) is 9.24 Å². The molecular weight excluding hydrogens is 199 g/mol. The van der Waals surface area contributed by atoms with Gasteiger partial charge < -0.3 is 0 Å². The van der Waals surface area contributed by atoms with Crippen molar-refractivity contribution in [3.8, 4) is 0 Å². The monoisotopic (exact) mass is 214 g/mol. The Labute approximate surface area is 93.5 Å². The van der Waals surface area contributed by atoms with Crippen molar-refractivity contribution in [2.45, 2.75) is 12.6 Å². The van der Waals surface area contributed by atoms with Crippen molar-refractivity contribution in [2.24, 2.45) is 0 Å². The van der Waals surface area contributed by atoms with Gasteiger partial charge in [-0.05, 0) is 29.3 Å². The van der Waals surface area contributed by atoms with Crippen LogP contribution in [0.15, 0.2) is 54.6 Å². The largest absolute Gasteiger partial charge is 0.133 e. The lowest BCUT2D eigenvalue weighted by atomic mass is 10.0. The first-order chi connectivity index (χ1) is 7.38. The van der Waals surface area contributed by atoms with Gasteiger partial charge in [0.15, 0.2) is 0 Å². The zero-order valence-corrected chi connectivity index (χ0v) is 9.84. The minimum Gasteiger partial charge on any atom is -0.133 e. The highest BCUT2D eigenvalue weighted by Crippen LogP contribution is 2.12. The lowest BCUT2D eigenvalue weighted by Gasteiger charge is -2.02. The Bertz CT molecular complexity index is 403. The molecular formula is C14H15P. The summed E-state index contributed by atoms with van der Waals surface area (Å²) in [6.07, 6.45) is 2.06. The minimum atomic E-state index is 1.03. The summed E-state index contributed by atoms with van der Waals surface area (Å²) in [6, 6.07) is 19.4. The van der Waals surface area contributed by atoms with Gasteiger partial charge in [0.05, 0.1) is 0 Å². The minimum absolute atomic E-state index is 1.03. The highest BCUT2D eigenvalue weighted by Gasteiger charge is 1.95. The van der Waals surface area contributed by atoms with Crippen LogP contribution in [0.5, 0.6) is 0 Å². The van der Waals surface area contributed by atoms with Gasteiger partial charge in [0.2, 0.25) is 0 Å². The van der Waals surface area contributed by atoms with E-state index in [-0.39, 0.29) is 0 Å². The number of hydrogen-bond acceptors (Lipinski definition) is 0. The summed E-state index contributed by atoms with van der Waals surface area (Å²) >= 11 is 0. The molecule has 1 heteroatoms. The molecule has 0 aromatic heterocycles. The molecule has 2 aromatic carbocycles. The molecule has 0 aliphatic heterocycles. The molecule has 0 heterocycles. The third-order valence-corrected chi connectivity index (χ3v) is 2.98. The van der Waals surface area contributed by atoms with Crippen LogP contribution in [-0.2, 0) is 12.6 Å². The van der Waals surface area contributed by atoms with Gasteiger partial charge in [-0.2, -0.15) is 0 Å². The fourth-order valence-corrected chi connectivity index (χ4v) is 1.90. The van der Waals surface area contributed by atoms with Crippen LogP contribution in [0.4, 0.5) is 0 Å². The summed E-state index contributed by atoms with van der Waals surface area (Å²) in [5, 5.41) is 0. The first kappa shape index (κ1) is 10.4. The summed E-state index contributed by atoms with van der Waals surface area (Å²) < 4.78 is 0. The van der Waals surface area contributed by atoms with Gasteiger partial charge in [0.1, 0.15) is 0 Å². The third kappa shape index (κ3) is 2.91. The smallest absolute Gasteiger partial charge is 0.00258 e. The molecule has 0 nitrogen and oxygen atoms in total. The van der Waals surface area contributed by atoms with E-state index in [0.717, 1.165) is 12.6 Å². The first-order valence-corrected chi connectivity index (χ1v) is 6.02. The zero-order chi connectivity index (χ0) is 10.5. The summed E-state index contributed by atoms with van der Waals surface area (Å²) in [5.74, 6) is 0. The lowest BCUT2D eigenvalue weighted by Crippen LogP contribution is -1.87. The van der Waals surface area contributed by atoms with Crippen LogP contribution in [0.25, 0.3) is 0 Å². The first-order valence-electron chi connectivity index (χ1n) is 5.20. The lowest BCUT2D eigenvalue weighted by molar-refractivity contribution is 1.18. The summed E-state index contributed by atoms with van der Waals surface area (Å²) in [7, 11) is 2.75. The van der Waals surface area contributed by atoms with Gasteiger partial charge >= 0.3 is 0 Å². The van der Waals surface area contributed by atoms with Crippen LogP contribution < -0.4 is 0 Å². The molecule has 15 heavy (non-hydrogen) atoms. The van der Waals surface area contributed by atoms with E-state index in [0.29, 0.717) is 0 Å². The molecule has 2 rings (SSSR count). The standard InChI is InChI=1S/C14H15P/c15-11-14-8-6-13(7-9-14)10-12-4-2-1-3-5-12/h1-9H,10-11,15H2. The Kier molecular flexibility index (Phi) is 3.53. The van der Waals surface area contributed by atoms with Crippen molar-refractivity contribution >= 4 is 9.24 Å². The van der Waals surface area contributed by atoms with Crippen molar-refractivity contribution in [3.63, 3.8) is 0 Å². The second-order valence-electron chi connectivity index (χ2n) is 3.68. The summed E-state index contributed by atoms with van der Waals surface area (Å²) in [5.41, 5.74) is 4.12. The fourth-order valence-electron chi connectivity index (χ4n) is 1.62. The van der Waals surface area contributed by atoms with E-state index in [4.69, 9.17) is 0 Å². The van der Waals surface area contributed by atoms with Crippen LogP contribution in [0.1, 0.15) is 16.7 Å². The topological polar surface area (TPSA) is 0 Å². The maximum atomic E-state index is 2.75. The molecule has 1 atom stereocenters. The molecule has 0 saturated carbocycles. The Morgan fingerprint density at radius 2 is 1.20 bits per heavy atom. The molecule has 2 aromatic rings. The second kappa shape index (κ2) is 5.09.